The van der Waals surface area contributed by atoms with Gasteiger partial charge in [-0.2, -0.15) is 0 Å². The first-order chi connectivity index (χ1) is 16.1. The van der Waals surface area contributed by atoms with Crippen LogP contribution in [0.5, 0.6) is 0 Å². The lowest BCUT2D eigenvalue weighted by atomic mass is 9.97. The molecule has 1 heterocycles. The van der Waals surface area contributed by atoms with Crippen molar-refractivity contribution in [2.24, 2.45) is 5.92 Å². The van der Waals surface area contributed by atoms with Gasteiger partial charge in [0.1, 0.15) is 0 Å². The summed E-state index contributed by atoms with van der Waals surface area (Å²) in [5, 5.41) is 5.89. The minimum absolute atomic E-state index is 0.129. The van der Waals surface area contributed by atoms with Gasteiger partial charge in [-0.15, -0.1) is 0 Å². The lowest BCUT2D eigenvalue weighted by molar-refractivity contribution is -0.111. The van der Waals surface area contributed by atoms with Crippen molar-refractivity contribution in [2.45, 2.75) is 33.1 Å². The highest BCUT2D eigenvalue weighted by Crippen LogP contribution is 2.28. The predicted molar refractivity (Wildman–Crippen MR) is 135 cm³/mol. The molecular weight excluding hydrogens is 414 g/mol. The van der Waals surface area contributed by atoms with Gasteiger partial charge in [0.05, 0.1) is 5.56 Å². The van der Waals surface area contributed by atoms with E-state index >= 15 is 0 Å². The minimum atomic E-state index is -0.235. The Morgan fingerprint density at radius 2 is 1.88 bits per heavy atom. The predicted octanol–water partition coefficient (Wildman–Crippen LogP) is 4.73. The van der Waals surface area contributed by atoms with Crippen LogP contribution in [0.15, 0.2) is 54.6 Å². The van der Waals surface area contributed by atoms with E-state index < -0.39 is 0 Å². The normalized spacial score (nSPS) is 14.4. The van der Waals surface area contributed by atoms with E-state index in [4.69, 9.17) is 4.74 Å². The smallest absolute Gasteiger partial charge is 0.253 e. The van der Waals surface area contributed by atoms with Crippen molar-refractivity contribution in [3.05, 3.63) is 65.7 Å². The summed E-state index contributed by atoms with van der Waals surface area (Å²) in [6, 6.07) is 15.3. The zero-order valence-electron chi connectivity index (χ0n) is 19.7. The Hall–Kier alpha value is -3.12. The van der Waals surface area contributed by atoms with Gasteiger partial charge in [0.15, 0.2) is 0 Å². The van der Waals surface area contributed by atoms with Gasteiger partial charge in [0.25, 0.3) is 5.91 Å². The first kappa shape index (κ1) is 24.5. The van der Waals surface area contributed by atoms with Crippen LogP contribution in [-0.2, 0) is 9.53 Å². The molecule has 2 amide bonds. The van der Waals surface area contributed by atoms with Crippen LogP contribution in [0, 0.1) is 5.92 Å². The third-order valence-electron chi connectivity index (χ3n) is 5.81. The van der Waals surface area contributed by atoms with E-state index in [1.54, 1.807) is 12.1 Å². The highest BCUT2D eigenvalue weighted by atomic mass is 16.5. The second kappa shape index (κ2) is 12.8. The first-order valence-corrected chi connectivity index (χ1v) is 11.9. The molecule has 1 aliphatic rings. The van der Waals surface area contributed by atoms with E-state index in [9.17, 15) is 9.59 Å². The van der Waals surface area contributed by atoms with E-state index in [-0.39, 0.29) is 11.8 Å². The van der Waals surface area contributed by atoms with Gasteiger partial charge in [-0.1, -0.05) is 37.3 Å². The molecule has 6 heteroatoms. The van der Waals surface area contributed by atoms with Gasteiger partial charge in [-0.25, -0.2) is 0 Å². The Bertz CT molecular complexity index is 935. The maximum atomic E-state index is 13.0. The molecule has 0 atom stereocenters. The summed E-state index contributed by atoms with van der Waals surface area (Å²) in [4.78, 5) is 27.8. The summed E-state index contributed by atoms with van der Waals surface area (Å²) in [7, 11) is 0. The van der Waals surface area contributed by atoms with Gasteiger partial charge < -0.3 is 20.3 Å². The zero-order chi connectivity index (χ0) is 23.5. The van der Waals surface area contributed by atoms with Crippen LogP contribution in [0.25, 0.3) is 6.08 Å². The van der Waals surface area contributed by atoms with Crippen LogP contribution in [0.1, 0.15) is 49.0 Å². The first-order valence-electron chi connectivity index (χ1n) is 11.9. The molecule has 0 aromatic heterocycles. The number of ether oxygens (including phenoxy) is 1. The Morgan fingerprint density at radius 1 is 1.12 bits per heavy atom. The molecule has 2 aromatic carbocycles. The molecular formula is C27H35N3O3. The number of piperidine rings is 1. The monoisotopic (exact) mass is 449 g/mol. The fraction of sp³-hybridized carbons (Fsp3) is 0.407. The molecule has 2 aromatic rings. The van der Waals surface area contributed by atoms with Crippen molar-refractivity contribution in [1.29, 1.82) is 0 Å². The lowest BCUT2D eigenvalue weighted by Crippen LogP contribution is -2.35. The largest absolute Gasteiger partial charge is 0.382 e. The number of nitrogens with one attached hydrogen (secondary N) is 2. The summed E-state index contributed by atoms with van der Waals surface area (Å²) < 4.78 is 5.35. The number of benzene rings is 2. The Morgan fingerprint density at radius 3 is 2.61 bits per heavy atom. The highest BCUT2D eigenvalue weighted by molar-refractivity contribution is 6.05. The van der Waals surface area contributed by atoms with Gasteiger partial charge in [0.2, 0.25) is 5.91 Å². The van der Waals surface area contributed by atoms with Crippen LogP contribution in [0.2, 0.25) is 0 Å². The van der Waals surface area contributed by atoms with Crippen molar-refractivity contribution >= 4 is 29.3 Å². The number of hydrogen-bond donors (Lipinski definition) is 2. The fourth-order valence-corrected chi connectivity index (χ4v) is 3.86. The molecule has 1 fully saturated rings. The van der Waals surface area contributed by atoms with Gasteiger partial charge in [-0.05, 0) is 61.9 Å². The number of amides is 2. The third-order valence-corrected chi connectivity index (χ3v) is 5.81. The topological polar surface area (TPSA) is 70.7 Å². The Kier molecular flexibility index (Phi) is 9.51. The van der Waals surface area contributed by atoms with Gasteiger partial charge >= 0.3 is 0 Å². The molecule has 0 bridgehead atoms. The fourth-order valence-electron chi connectivity index (χ4n) is 3.86. The van der Waals surface area contributed by atoms with E-state index in [2.05, 4.69) is 22.5 Å². The molecule has 0 aliphatic carbocycles. The molecule has 176 valence electrons. The van der Waals surface area contributed by atoms with Gasteiger partial charge in [0, 0.05) is 50.3 Å². The maximum absolute atomic E-state index is 13.0. The van der Waals surface area contributed by atoms with E-state index in [0.29, 0.717) is 36.9 Å². The summed E-state index contributed by atoms with van der Waals surface area (Å²) in [6.07, 6.45) is 6.25. The van der Waals surface area contributed by atoms with Crippen molar-refractivity contribution < 1.29 is 14.3 Å². The number of hydrogen-bond acceptors (Lipinski definition) is 4. The SMILES string of the molecule is CCOCCCNC(=O)c1cc(NC(=O)/C=C/c2ccccc2)ccc1N1CCC(C)CC1. The van der Waals surface area contributed by atoms with Crippen LogP contribution in [-0.4, -0.2) is 44.7 Å². The van der Waals surface area contributed by atoms with Crippen molar-refractivity contribution in [2.75, 3.05) is 43.1 Å². The van der Waals surface area contributed by atoms with E-state index in [1.165, 1.54) is 6.08 Å². The molecule has 2 N–H and O–H groups in total. The summed E-state index contributed by atoms with van der Waals surface area (Å²) in [6.45, 7) is 7.92. The number of anilines is 2. The Labute approximate surface area is 197 Å². The molecule has 6 nitrogen and oxygen atoms in total. The third kappa shape index (κ3) is 7.75. The average Bonchev–Trinajstić information content (AvgIpc) is 2.84. The molecule has 0 radical (unpaired) electrons. The molecule has 33 heavy (non-hydrogen) atoms. The zero-order valence-corrected chi connectivity index (χ0v) is 19.7. The standard InChI is InChI=1S/C27H35N3O3/c1-3-33-19-7-16-28-27(32)24-20-23(11-12-25(24)30-17-14-21(2)15-18-30)29-26(31)13-10-22-8-5-4-6-9-22/h4-6,8-13,20-21H,3,7,14-19H2,1-2H3,(H,28,32)(H,29,31)/b13-10+. The molecule has 0 saturated carbocycles. The molecule has 0 unspecified atom stereocenters. The van der Waals surface area contributed by atoms with Crippen LogP contribution < -0.4 is 15.5 Å². The second-order valence-corrected chi connectivity index (χ2v) is 8.44. The summed E-state index contributed by atoms with van der Waals surface area (Å²) in [5.41, 5.74) is 3.06. The van der Waals surface area contributed by atoms with Crippen molar-refractivity contribution in [1.82, 2.24) is 5.32 Å². The maximum Gasteiger partial charge on any atom is 0.253 e. The van der Waals surface area contributed by atoms with Crippen molar-refractivity contribution in [3.8, 4) is 0 Å². The lowest BCUT2D eigenvalue weighted by Gasteiger charge is -2.33. The van der Waals surface area contributed by atoms with E-state index in [0.717, 1.165) is 43.6 Å². The number of rotatable bonds is 10. The van der Waals surface area contributed by atoms with Crippen molar-refractivity contribution in [3.63, 3.8) is 0 Å². The van der Waals surface area contributed by atoms with Crippen LogP contribution in [0.3, 0.4) is 0 Å². The quantitative estimate of drug-likeness (QED) is 0.406. The molecule has 0 spiro atoms. The molecule has 3 rings (SSSR count). The van der Waals surface area contributed by atoms with Crippen LogP contribution >= 0.6 is 0 Å². The molecule has 1 saturated heterocycles. The van der Waals surface area contributed by atoms with Crippen LogP contribution in [0.4, 0.5) is 11.4 Å². The highest BCUT2D eigenvalue weighted by Gasteiger charge is 2.21. The summed E-state index contributed by atoms with van der Waals surface area (Å²) in [5.74, 6) is 0.338. The number of nitrogens with zero attached hydrogens (tertiary/aromatic N) is 1. The molecule has 1 aliphatic heterocycles. The summed E-state index contributed by atoms with van der Waals surface area (Å²) >= 11 is 0. The minimum Gasteiger partial charge on any atom is -0.382 e. The Balaban J connectivity index is 1.72. The average molecular weight is 450 g/mol. The number of carbonyl (C=O) groups is 2. The second-order valence-electron chi connectivity index (χ2n) is 8.44. The van der Waals surface area contributed by atoms with E-state index in [1.807, 2.05) is 49.4 Å². The van der Waals surface area contributed by atoms with Gasteiger partial charge in [-0.3, -0.25) is 9.59 Å². The number of carbonyl (C=O) groups excluding carboxylic acids is 2.